The molecule has 0 saturated heterocycles. The number of hydrogen-bond donors (Lipinski definition) is 2. The summed E-state index contributed by atoms with van der Waals surface area (Å²) in [4.78, 5) is 33.2. The van der Waals surface area contributed by atoms with Gasteiger partial charge in [-0.15, -0.1) is 0 Å². The number of carbonyl (C=O) groups excluding carboxylic acids is 1. The van der Waals surface area contributed by atoms with Gasteiger partial charge in [-0.25, -0.2) is 9.36 Å². The van der Waals surface area contributed by atoms with Crippen molar-refractivity contribution in [1.29, 1.82) is 0 Å². The molecule has 2 N–H and O–H groups in total. The minimum Gasteiger partial charge on any atom is -0.480 e. The molecule has 0 atom stereocenters. The lowest BCUT2D eigenvalue weighted by atomic mass is 9.76. The number of carboxylic acid groups (broad SMARTS) is 1. The molecule has 102 valence electrons. The number of aliphatic carboxylic acids is 1. The van der Waals surface area contributed by atoms with Gasteiger partial charge in [0.25, 0.3) is 5.91 Å². The van der Waals surface area contributed by atoms with E-state index < -0.39 is 22.3 Å². The van der Waals surface area contributed by atoms with Gasteiger partial charge in [0.1, 0.15) is 5.54 Å². The molecule has 1 heterocycles. The Morgan fingerprint density at radius 1 is 1.47 bits per heavy atom. The Labute approximate surface area is 108 Å². The van der Waals surface area contributed by atoms with Crippen molar-refractivity contribution in [2.75, 3.05) is 0 Å². The molecule has 8 heteroatoms. The van der Waals surface area contributed by atoms with E-state index in [2.05, 4.69) is 5.32 Å². The van der Waals surface area contributed by atoms with E-state index in [1.165, 1.54) is 19.2 Å². The number of nitro groups is 1. The Balaban J connectivity index is 2.21. The van der Waals surface area contributed by atoms with Crippen LogP contribution in [0.15, 0.2) is 12.1 Å². The van der Waals surface area contributed by atoms with Crippen LogP contribution < -0.4 is 5.32 Å². The smallest absolute Gasteiger partial charge is 0.329 e. The van der Waals surface area contributed by atoms with Gasteiger partial charge in [0.05, 0.1) is 7.05 Å². The zero-order valence-electron chi connectivity index (χ0n) is 10.3. The van der Waals surface area contributed by atoms with Crippen LogP contribution in [-0.2, 0) is 11.8 Å². The van der Waals surface area contributed by atoms with E-state index in [-0.39, 0.29) is 11.5 Å². The average Bonchev–Trinajstić information content (AvgIpc) is 2.64. The topological polar surface area (TPSA) is 114 Å². The second kappa shape index (κ2) is 4.38. The van der Waals surface area contributed by atoms with E-state index in [4.69, 9.17) is 5.11 Å². The fourth-order valence-electron chi connectivity index (χ4n) is 2.12. The lowest BCUT2D eigenvalue weighted by Crippen LogP contribution is -2.59. The van der Waals surface area contributed by atoms with Gasteiger partial charge in [-0.1, -0.05) is 0 Å². The molecule has 1 amide bonds. The number of carboxylic acids is 1. The minimum atomic E-state index is -1.23. The first-order valence-corrected chi connectivity index (χ1v) is 5.73. The quantitative estimate of drug-likeness (QED) is 0.614. The third kappa shape index (κ3) is 2.05. The Hall–Kier alpha value is -2.38. The molecule has 0 bridgehead atoms. The third-order valence-corrected chi connectivity index (χ3v) is 3.48. The maximum atomic E-state index is 12.0. The summed E-state index contributed by atoms with van der Waals surface area (Å²) in [5.41, 5.74) is -1.16. The third-order valence-electron chi connectivity index (χ3n) is 3.48. The summed E-state index contributed by atoms with van der Waals surface area (Å²) in [6, 6.07) is 2.52. The second-order valence-electron chi connectivity index (χ2n) is 4.59. The van der Waals surface area contributed by atoms with Crippen LogP contribution in [0.1, 0.15) is 29.8 Å². The molecule has 0 aromatic carbocycles. The van der Waals surface area contributed by atoms with Gasteiger partial charge in [0.2, 0.25) is 0 Å². The first kappa shape index (κ1) is 13.1. The maximum Gasteiger partial charge on any atom is 0.329 e. The van der Waals surface area contributed by atoms with Crippen molar-refractivity contribution in [3.05, 3.63) is 27.9 Å². The molecule has 2 rings (SSSR count). The highest BCUT2D eigenvalue weighted by atomic mass is 16.6. The number of carbonyl (C=O) groups is 2. The van der Waals surface area contributed by atoms with Crippen molar-refractivity contribution in [3.8, 4) is 0 Å². The standard InChI is InChI=1S/C11H13N3O5/c1-13-7(3-4-8(13)14(18)19)9(15)12-11(10(16)17)5-2-6-11/h3-4H,2,5-6H2,1H3,(H,12,15)(H,16,17). The van der Waals surface area contributed by atoms with Gasteiger partial charge in [-0.3, -0.25) is 4.79 Å². The van der Waals surface area contributed by atoms with Crippen LogP contribution in [0.5, 0.6) is 0 Å². The highest BCUT2D eigenvalue weighted by Crippen LogP contribution is 2.32. The lowest BCUT2D eigenvalue weighted by molar-refractivity contribution is -0.391. The van der Waals surface area contributed by atoms with Crippen LogP contribution in [-0.4, -0.2) is 32.0 Å². The van der Waals surface area contributed by atoms with Crippen LogP contribution in [0, 0.1) is 10.1 Å². The molecule has 1 fully saturated rings. The fourth-order valence-corrected chi connectivity index (χ4v) is 2.12. The Morgan fingerprint density at radius 2 is 2.11 bits per heavy atom. The highest BCUT2D eigenvalue weighted by Gasteiger charge is 2.46. The molecule has 0 unspecified atom stereocenters. The van der Waals surface area contributed by atoms with Crippen molar-refractivity contribution in [2.45, 2.75) is 24.8 Å². The number of nitrogens with one attached hydrogen (secondary N) is 1. The zero-order chi connectivity index (χ0) is 14.2. The first-order valence-electron chi connectivity index (χ1n) is 5.73. The van der Waals surface area contributed by atoms with Gasteiger partial charge >= 0.3 is 11.8 Å². The monoisotopic (exact) mass is 267 g/mol. The number of rotatable bonds is 4. The van der Waals surface area contributed by atoms with Crippen LogP contribution >= 0.6 is 0 Å². The van der Waals surface area contributed by atoms with E-state index >= 15 is 0 Å². The normalized spacial score (nSPS) is 16.5. The SMILES string of the molecule is Cn1c(C(=O)NC2(C(=O)O)CCC2)ccc1[N+](=O)[O-]. The Kier molecular flexibility index (Phi) is 3.01. The van der Waals surface area contributed by atoms with Crippen LogP contribution in [0.2, 0.25) is 0 Å². The average molecular weight is 267 g/mol. The van der Waals surface area contributed by atoms with E-state index in [1.54, 1.807) is 0 Å². The van der Waals surface area contributed by atoms with Crippen LogP contribution in [0.4, 0.5) is 5.82 Å². The number of hydrogen-bond acceptors (Lipinski definition) is 4. The lowest BCUT2D eigenvalue weighted by Gasteiger charge is -2.37. The van der Waals surface area contributed by atoms with Crippen molar-refractivity contribution in [1.82, 2.24) is 9.88 Å². The van der Waals surface area contributed by atoms with Gasteiger partial charge in [-0.05, 0) is 30.3 Å². The first-order chi connectivity index (χ1) is 8.87. The second-order valence-corrected chi connectivity index (χ2v) is 4.59. The largest absolute Gasteiger partial charge is 0.480 e. The molecule has 0 radical (unpaired) electrons. The molecular weight excluding hydrogens is 254 g/mol. The number of aromatic nitrogens is 1. The molecule has 0 aliphatic heterocycles. The maximum absolute atomic E-state index is 12.0. The summed E-state index contributed by atoms with van der Waals surface area (Å²) in [6.45, 7) is 0. The molecule has 1 saturated carbocycles. The number of nitrogens with zero attached hydrogens (tertiary/aromatic N) is 2. The van der Waals surface area contributed by atoms with Crippen LogP contribution in [0.3, 0.4) is 0 Å². The van der Waals surface area contributed by atoms with Gasteiger partial charge in [-0.2, -0.15) is 0 Å². The summed E-state index contributed by atoms with van der Waals surface area (Å²) in [5, 5.41) is 22.2. The summed E-state index contributed by atoms with van der Waals surface area (Å²) >= 11 is 0. The molecule has 8 nitrogen and oxygen atoms in total. The molecule has 0 spiro atoms. The van der Waals surface area contributed by atoms with E-state index in [0.29, 0.717) is 12.8 Å². The van der Waals surface area contributed by atoms with Gasteiger partial charge in [0, 0.05) is 6.07 Å². The van der Waals surface area contributed by atoms with Gasteiger partial charge in [0.15, 0.2) is 5.69 Å². The summed E-state index contributed by atoms with van der Waals surface area (Å²) < 4.78 is 1.13. The van der Waals surface area contributed by atoms with E-state index in [0.717, 1.165) is 11.0 Å². The predicted octanol–water partition coefficient (Wildman–Crippen LogP) is 0.670. The summed E-state index contributed by atoms with van der Waals surface area (Å²) in [5.74, 6) is -1.91. The molecule has 1 aliphatic carbocycles. The van der Waals surface area contributed by atoms with Crippen molar-refractivity contribution in [3.63, 3.8) is 0 Å². The Morgan fingerprint density at radius 3 is 2.47 bits per heavy atom. The van der Waals surface area contributed by atoms with Crippen LogP contribution in [0.25, 0.3) is 0 Å². The fraction of sp³-hybridized carbons (Fsp3) is 0.455. The molecular formula is C11H13N3O5. The summed E-state index contributed by atoms with van der Waals surface area (Å²) in [6.07, 6.45) is 1.49. The highest BCUT2D eigenvalue weighted by molar-refractivity contribution is 5.97. The number of amides is 1. The van der Waals surface area contributed by atoms with E-state index in [1.807, 2.05) is 0 Å². The minimum absolute atomic E-state index is 0.0687. The Bertz CT molecular complexity index is 559. The van der Waals surface area contributed by atoms with Crippen molar-refractivity contribution >= 4 is 17.7 Å². The zero-order valence-corrected chi connectivity index (χ0v) is 10.3. The molecule has 1 aliphatic rings. The summed E-state index contributed by atoms with van der Waals surface area (Å²) in [7, 11) is 1.39. The molecule has 1 aromatic heterocycles. The molecule has 19 heavy (non-hydrogen) atoms. The van der Waals surface area contributed by atoms with Gasteiger partial charge < -0.3 is 20.5 Å². The van der Waals surface area contributed by atoms with E-state index in [9.17, 15) is 19.7 Å². The molecule has 1 aromatic rings. The predicted molar refractivity (Wildman–Crippen MR) is 63.8 cm³/mol. The van der Waals surface area contributed by atoms with Crippen molar-refractivity contribution < 1.29 is 19.6 Å². The van der Waals surface area contributed by atoms with Crippen molar-refractivity contribution in [2.24, 2.45) is 7.05 Å².